The van der Waals surface area contributed by atoms with Crippen LogP contribution in [0.15, 0.2) is 6.20 Å². The Labute approximate surface area is 113 Å². The normalized spacial score (nSPS) is 19.8. The maximum atomic E-state index is 11.4. The Morgan fingerprint density at radius 2 is 2.21 bits per heavy atom. The lowest BCUT2D eigenvalue weighted by Crippen LogP contribution is -2.38. The van der Waals surface area contributed by atoms with E-state index in [2.05, 4.69) is 21.8 Å². The molecular weight excluding hydrogens is 242 g/mol. The van der Waals surface area contributed by atoms with Gasteiger partial charge in [-0.1, -0.05) is 13.8 Å². The quantitative estimate of drug-likeness (QED) is 0.908. The molecule has 1 aliphatic rings. The SMILES string of the molecule is CC(C)c1ncc(N2CCCCC2C)c(C(=O)O)n1. The highest BCUT2D eigenvalue weighted by atomic mass is 16.4. The van der Waals surface area contributed by atoms with Crippen molar-refractivity contribution in [3.05, 3.63) is 17.7 Å². The molecule has 1 unspecified atom stereocenters. The summed E-state index contributed by atoms with van der Waals surface area (Å²) in [6.07, 6.45) is 5.05. The minimum absolute atomic E-state index is 0.130. The average Bonchev–Trinajstić information content (AvgIpc) is 2.38. The molecule has 0 spiro atoms. The molecule has 1 fully saturated rings. The van der Waals surface area contributed by atoms with Crippen molar-refractivity contribution >= 4 is 11.7 Å². The van der Waals surface area contributed by atoms with E-state index < -0.39 is 5.97 Å². The second-order valence-electron chi connectivity index (χ2n) is 5.46. The van der Waals surface area contributed by atoms with Gasteiger partial charge < -0.3 is 10.0 Å². The third-order valence-electron chi connectivity index (χ3n) is 3.62. The van der Waals surface area contributed by atoms with E-state index in [4.69, 9.17) is 0 Å². The van der Waals surface area contributed by atoms with E-state index in [1.165, 1.54) is 6.42 Å². The molecule has 1 aliphatic heterocycles. The van der Waals surface area contributed by atoms with Crippen LogP contribution in [-0.4, -0.2) is 33.6 Å². The summed E-state index contributed by atoms with van der Waals surface area (Å²) in [5, 5.41) is 9.37. The van der Waals surface area contributed by atoms with E-state index in [-0.39, 0.29) is 11.6 Å². The first-order valence-corrected chi connectivity index (χ1v) is 6.87. The molecule has 0 aromatic carbocycles. The molecule has 1 saturated heterocycles. The number of anilines is 1. The number of aromatic carboxylic acids is 1. The zero-order chi connectivity index (χ0) is 14.0. The summed E-state index contributed by atoms with van der Waals surface area (Å²) in [6.45, 7) is 6.93. The number of hydrogen-bond donors (Lipinski definition) is 1. The Bertz CT molecular complexity index is 474. The van der Waals surface area contributed by atoms with E-state index in [1.54, 1.807) is 6.20 Å². The van der Waals surface area contributed by atoms with Crippen LogP contribution >= 0.6 is 0 Å². The van der Waals surface area contributed by atoms with Gasteiger partial charge in [0.05, 0.1) is 11.9 Å². The lowest BCUT2D eigenvalue weighted by molar-refractivity contribution is 0.0690. The van der Waals surface area contributed by atoms with E-state index in [0.717, 1.165) is 19.4 Å². The average molecular weight is 263 g/mol. The summed E-state index contributed by atoms with van der Waals surface area (Å²) in [6, 6.07) is 0.348. The molecule has 0 amide bonds. The molecule has 2 heterocycles. The third-order valence-corrected chi connectivity index (χ3v) is 3.62. The Balaban J connectivity index is 2.41. The van der Waals surface area contributed by atoms with Gasteiger partial charge in [0, 0.05) is 18.5 Å². The smallest absolute Gasteiger partial charge is 0.356 e. The second-order valence-corrected chi connectivity index (χ2v) is 5.46. The standard InChI is InChI=1S/C14H21N3O2/c1-9(2)13-15-8-11(12(16-13)14(18)19)17-7-5-4-6-10(17)3/h8-10H,4-7H2,1-3H3,(H,18,19). The van der Waals surface area contributed by atoms with Crippen LogP contribution in [0.5, 0.6) is 0 Å². The molecule has 0 radical (unpaired) electrons. The fourth-order valence-corrected chi connectivity index (χ4v) is 2.49. The van der Waals surface area contributed by atoms with Crippen molar-refractivity contribution < 1.29 is 9.90 Å². The second kappa shape index (κ2) is 5.55. The number of carbonyl (C=O) groups is 1. The molecular formula is C14H21N3O2. The first kappa shape index (κ1) is 13.8. The van der Waals surface area contributed by atoms with E-state index in [9.17, 15) is 9.90 Å². The highest BCUT2D eigenvalue weighted by Crippen LogP contribution is 2.27. The van der Waals surface area contributed by atoms with Crippen LogP contribution in [0.4, 0.5) is 5.69 Å². The summed E-state index contributed by atoms with van der Waals surface area (Å²) in [5.41, 5.74) is 0.788. The summed E-state index contributed by atoms with van der Waals surface area (Å²) in [5.74, 6) is -0.256. The van der Waals surface area contributed by atoms with Crippen LogP contribution < -0.4 is 4.90 Å². The highest BCUT2D eigenvalue weighted by molar-refractivity contribution is 5.92. The van der Waals surface area contributed by atoms with Gasteiger partial charge in [-0.25, -0.2) is 14.8 Å². The Morgan fingerprint density at radius 1 is 1.47 bits per heavy atom. The molecule has 0 aliphatic carbocycles. The molecule has 1 N–H and O–H groups in total. The molecule has 5 nitrogen and oxygen atoms in total. The maximum absolute atomic E-state index is 11.4. The predicted octanol–water partition coefficient (Wildman–Crippen LogP) is 2.68. The molecule has 0 bridgehead atoms. The molecule has 1 aromatic heterocycles. The lowest BCUT2D eigenvalue weighted by Gasteiger charge is -2.35. The molecule has 1 aromatic rings. The fourth-order valence-electron chi connectivity index (χ4n) is 2.49. The van der Waals surface area contributed by atoms with Crippen molar-refractivity contribution in [2.75, 3.05) is 11.4 Å². The van der Waals surface area contributed by atoms with Gasteiger partial charge in [0.1, 0.15) is 5.82 Å². The number of aromatic nitrogens is 2. The first-order chi connectivity index (χ1) is 9.00. The Kier molecular flexibility index (Phi) is 4.02. The van der Waals surface area contributed by atoms with E-state index in [0.29, 0.717) is 17.6 Å². The minimum atomic E-state index is -0.975. The summed E-state index contributed by atoms with van der Waals surface area (Å²) in [7, 11) is 0. The van der Waals surface area contributed by atoms with Gasteiger partial charge in [0.15, 0.2) is 5.69 Å². The maximum Gasteiger partial charge on any atom is 0.356 e. The molecule has 5 heteroatoms. The number of carboxylic acid groups (broad SMARTS) is 1. The van der Waals surface area contributed by atoms with Crippen molar-refractivity contribution in [2.24, 2.45) is 0 Å². The van der Waals surface area contributed by atoms with Crippen LogP contribution in [0.1, 0.15) is 62.3 Å². The number of carboxylic acids is 1. The van der Waals surface area contributed by atoms with Crippen LogP contribution in [0.25, 0.3) is 0 Å². The van der Waals surface area contributed by atoms with Crippen molar-refractivity contribution in [3.8, 4) is 0 Å². The first-order valence-electron chi connectivity index (χ1n) is 6.87. The summed E-state index contributed by atoms with van der Waals surface area (Å²) in [4.78, 5) is 22.1. The van der Waals surface area contributed by atoms with Crippen molar-refractivity contribution in [1.82, 2.24) is 9.97 Å². The zero-order valence-corrected chi connectivity index (χ0v) is 11.8. The van der Waals surface area contributed by atoms with Gasteiger partial charge in [-0.2, -0.15) is 0 Å². The van der Waals surface area contributed by atoms with Crippen LogP contribution in [0.2, 0.25) is 0 Å². The Morgan fingerprint density at radius 3 is 2.79 bits per heavy atom. The zero-order valence-electron chi connectivity index (χ0n) is 11.8. The third kappa shape index (κ3) is 2.85. The summed E-state index contributed by atoms with van der Waals surface area (Å²) < 4.78 is 0. The van der Waals surface area contributed by atoms with Gasteiger partial charge in [-0.15, -0.1) is 0 Å². The topological polar surface area (TPSA) is 66.3 Å². The molecule has 0 saturated carbocycles. The number of nitrogens with zero attached hydrogens (tertiary/aromatic N) is 3. The van der Waals surface area contributed by atoms with E-state index in [1.807, 2.05) is 13.8 Å². The van der Waals surface area contributed by atoms with Gasteiger partial charge in [0.2, 0.25) is 0 Å². The largest absolute Gasteiger partial charge is 0.476 e. The lowest BCUT2D eigenvalue weighted by atomic mass is 10.0. The van der Waals surface area contributed by atoms with Gasteiger partial charge >= 0.3 is 5.97 Å². The van der Waals surface area contributed by atoms with Gasteiger partial charge in [-0.3, -0.25) is 0 Å². The molecule has 2 rings (SSSR count). The monoisotopic (exact) mass is 263 g/mol. The molecule has 1 atom stereocenters. The fraction of sp³-hybridized carbons (Fsp3) is 0.643. The van der Waals surface area contributed by atoms with Gasteiger partial charge in [-0.05, 0) is 26.2 Å². The van der Waals surface area contributed by atoms with Crippen LogP contribution in [-0.2, 0) is 0 Å². The predicted molar refractivity (Wildman–Crippen MR) is 73.7 cm³/mol. The highest BCUT2D eigenvalue weighted by Gasteiger charge is 2.25. The van der Waals surface area contributed by atoms with Crippen molar-refractivity contribution in [2.45, 2.75) is 52.0 Å². The minimum Gasteiger partial charge on any atom is -0.476 e. The van der Waals surface area contributed by atoms with E-state index >= 15 is 0 Å². The molecule has 19 heavy (non-hydrogen) atoms. The van der Waals surface area contributed by atoms with Crippen molar-refractivity contribution in [1.29, 1.82) is 0 Å². The van der Waals surface area contributed by atoms with Crippen LogP contribution in [0, 0.1) is 0 Å². The number of piperidine rings is 1. The summed E-state index contributed by atoms with van der Waals surface area (Å²) >= 11 is 0. The number of rotatable bonds is 3. The van der Waals surface area contributed by atoms with Crippen LogP contribution in [0.3, 0.4) is 0 Å². The van der Waals surface area contributed by atoms with Crippen molar-refractivity contribution in [3.63, 3.8) is 0 Å². The molecule has 104 valence electrons. The van der Waals surface area contributed by atoms with Gasteiger partial charge in [0.25, 0.3) is 0 Å². The Hall–Kier alpha value is -1.65. The number of hydrogen-bond acceptors (Lipinski definition) is 4.